The number of rotatable bonds is 4. The number of hydrogen-bond donors (Lipinski definition) is 1. The first-order chi connectivity index (χ1) is 9.20. The molecule has 1 aliphatic rings. The van der Waals surface area contributed by atoms with Gasteiger partial charge in [0.25, 0.3) is 0 Å². The van der Waals surface area contributed by atoms with E-state index in [1.165, 1.54) is 12.1 Å². The van der Waals surface area contributed by atoms with Crippen molar-refractivity contribution < 1.29 is 14.2 Å². The van der Waals surface area contributed by atoms with Crippen LogP contribution >= 0.6 is 11.8 Å². The van der Waals surface area contributed by atoms with Crippen molar-refractivity contribution in [2.75, 3.05) is 5.75 Å². The molecule has 1 heterocycles. The summed E-state index contributed by atoms with van der Waals surface area (Å²) in [5, 5.41) is 10.5. The highest BCUT2D eigenvalue weighted by Gasteiger charge is 2.48. The molecule has 0 spiro atoms. The standard InChI is InChI=1S/C16H23FO2S/c1-15(2)9-13(16(3,4)19-15)14(18)10-20-12-7-5-11(17)6-8-12/h5-8,13-14,18H,9-10H2,1-4H3. The Bertz CT molecular complexity index is 456. The topological polar surface area (TPSA) is 29.5 Å². The van der Waals surface area contributed by atoms with Crippen LogP contribution in [-0.2, 0) is 4.74 Å². The maximum Gasteiger partial charge on any atom is 0.123 e. The highest BCUT2D eigenvalue weighted by atomic mass is 32.2. The van der Waals surface area contributed by atoms with E-state index >= 15 is 0 Å². The lowest BCUT2D eigenvalue weighted by Crippen LogP contribution is -2.37. The number of ether oxygens (including phenoxy) is 1. The second kappa shape index (κ2) is 5.66. The van der Waals surface area contributed by atoms with Gasteiger partial charge in [0, 0.05) is 16.6 Å². The van der Waals surface area contributed by atoms with Gasteiger partial charge in [0.15, 0.2) is 0 Å². The average molecular weight is 298 g/mol. The molecule has 1 fully saturated rings. The van der Waals surface area contributed by atoms with Crippen LogP contribution in [0.3, 0.4) is 0 Å². The van der Waals surface area contributed by atoms with Gasteiger partial charge in [-0.25, -0.2) is 4.39 Å². The SMILES string of the molecule is CC1(C)CC(C(O)CSc2ccc(F)cc2)C(C)(C)O1. The first-order valence-electron chi connectivity index (χ1n) is 6.96. The number of aliphatic hydroxyl groups is 1. The Morgan fingerprint density at radius 2 is 1.90 bits per heavy atom. The van der Waals surface area contributed by atoms with Crippen LogP contribution in [0.25, 0.3) is 0 Å². The Hall–Kier alpha value is -0.580. The van der Waals surface area contributed by atoms with E-state index in [4.69, 9.17) is 4.74 Å². The molecule has 2 rings (SSSR count). The molecule has 0 radical (unpaired) electrons. The van der Waals surface area contributed by atoms with Gasteiger partial charge in [0.2, 0.25) is 0 Å². The van der Waals surface area contributed by atoms with Crippen LogP contribution in [0, 0.1) is 11.7 Å². The molecule has 4 heteroatoms. The number of hydrogen-bond acceptors (Lipinski definition) is 3. The lowest BCUT2D eigenvalue weighted by molar-refractivity contribution is -0.0853. The largest absolute Gasteiger partial charge is 0.392 e. The summed E-state index contributed by atoms with van der Waals surface area (Å²) < 4.78 is 18.9. The third-order valence-electron chi connectivity index (χ3n) is 3.84. The zero-order valence-corrected chi connectivity index (χ0v) is 13.3. The first-order valence-corrected chi connectivity index (χ1v) is 7.95. The smallest absolute Gasteiger partial charge is 0.123 e. The Morgan fingerprint density at radius 3 is 2.40 bits per heavy atom. The molecule has 20 heavy (non-hydrogen) atoms. The molecule has 0 bridgehead atoms. The van der Waals surface area contributed by atoms with E-state index in [9.17, 15) is 9.50 Å². The van der Waals surface area contributed by atoms with Gasteiger partial charge in [0.1, 0.15) is 5.82 Å². The van der Waals surface area contributed by atoms with Crippen LogP contribution in [0.5, 0.6) is 0 Å². The van der Waals surface area contributed by atoms with Crippen molar-refractivity contribution >= 4 is 11.8 Å². The minimum absolute atomic E-state index is 0.116. The van der Waals surface area contributed by atoms with E-state index in [1.54, 1.807) is 23.9 Å². The lowest BCUT2D eigenvalue weighted by atomic mass is 9.84. The third-order valence-corrected chi connectivity index (χ3v) is 4.96. The van der Waals surface area contributed by atoms with Crippen LogP contribution in [0.4, 0.5) is 4.39 Å². The Morgan fingerprint density at radius 1 is 1.30 bits per heavy atom. The van der Waals surface area contributed by atoms with Gasteiger partial charge >= 0.3 is 0 Å². The van der Waals surface area contributed by atoms with Crippen LogP contribution in [0.1, 0.15) is 34.1 Å². The predicted octanol–water partition coefficient (Wildman–Crippen LogP) is 3.87. The van der Waals surface area contributed by atoms with Crippen molar-refractivity contribution in [3.8, 4) is 0 Å². The summed E-state index contributed by atoms with van der Waals surface area (Å²) in [6.45, 7) is 8.21. The summed E-state index contributed by atoms with van der Waals surface area (Å²) in [6, 6.07) is 6.38. The minimum atomic E-state index is -0.429. The van der Waals surface area contributed by atoms with E-state index < -0.39 is 6.10 Å². The first kappa shape index (κ1) is 15.8. The van der Waals surface area contributed by atoms with Crippen LogP contribution in [0.2, 0.25) is 0 Å². The molecule has 2 unspecified atom stereocenters. The number of thioether (sulfide) groups is 1. The van der Waals surface area contributed by atoms with Gasteiger partial charge in [-0.2, -0.15) is 0 Å². The Kier molecular flexibility index (Phi) is 4.47. The van der Waals surface area contributed by atoms with Crippen molar-refractivity contribution in [2.45, 2.75) is 56.3 Å². The highest BCUT2D eigenvalue weighted by Crippen LogP contribution is 2.44. The second-order valence-corrected chi connectivity index (χ2v) is 7.70. The van der Waals surface area contributed by atoms with Gasteiger partial charge in [-0.05, 0) is 58.4 Å². The average Bonchev–Trinajstić information content (AvgIpc) is 2.56. The summed E-state index contributed by atoms with van der Waals surface area (Å²) in [5.74, 6) is 0.478. The molecule has 2 atom stereocenters. The van der Waals surface area contributed by atoms with E-state index in [2.05, 4.69) is 13.8 Å². The van der Waals surface area contributed by atoms with Crippen LogP contribution in [0.15, 0.2) is 29.2 Å². The van der Waals surface area contributed by atoms with Gasteiger partial charge < -0.3 is 9.84 Å². The summed E-state index contributed by atoms with van der Waals surface area (Å²) in [6.07, 6.45) is 0.423. The third kappa shape index (κ3) is 3.74. The quantitative estimate of drug-likeness (QED) is 0.856. The van der Waals surface area contributed by atoms with Crippen molar-refractivity contribution in [3.63, 3.8) is 0 Å². The molecular formula is C16H23FO2S. The maximum atomic E-state index is 12.8. The minimum Gasteiger partial charge on any atom is -0.392 e. The molecule has 1 aromatic carbocycles. The predicted molar refractivity (Wildman–Crippen MR) is 80.5 cm³/mol. The zero-order chi connectivity index (χ0) is 15.0. The second-order valence-electron chi connectivity index (χ2n) is 6.61. The number of halogens is 1. The summed E-state index contributed by atoms with van der Waals surface area (Å²) >= 11 is 1.55. The Labute approximate surface area is 124 Å². The van der Waals surface area contributed by atoms with E-state index in [0.29, 0.717) is 5.75 Å². The van der Waals surface area contributed by atoms with Gasteiger partial charge in [-0.15, -0.1) is 11.8 Å². The zero-order valence-electron chi connectivity index (χ0n) is 12.5. The molecular weight excluding hydrogens is 275 g/mol. The molecule has 0 saturated carbocycles. The molecule has 1 aliphatic heterocycles. The number of aliphatic hydroxyl groups excluding tert-OH is 1. The van der Waals surface area contributed by atoms with Gasteiger partial charge in [-0.3, -0.25) is 0 Å². The fraction of sp³-hybridized carbons (Fsp3) is 0.625. The Balaban J connectivity index is 1.95. The van der Waals surface area contributed by atoms with Crippen molar-refractivity contribution in [1.82, 2.24) is 0 Å². The molecule has 2 nitrogen and oxygen atoms in total. The summed E-state index contributed by atoms with van der Waals surface area (Å²) in [7, 11) is 0. The van der Waals surface area contributed by atoms with Crippen molar-refractivity contribution in [1.29, 1.82) is 0 Å². The fourth-order valence-corrected chi connectivity index (χ4v) is 3.96. The van der Waals surface area contributed by atoms with E-state index in [1.807, 2.05) is 13.8 Å². The van der Waals surface area contributed by atoms with Crippen LogP contribution < -0.4 is 0 Å². The lowest BCUT2D eigenvalue weighted by Gasteiger charge is -2.30. The summed E-state index contributed by atoms with van der Waals surface area (Å²) in [5.41, 5.74) is -0.498. The molecule has 0 amide bonds. The van der Waals surface area contributed by atoms with Crippen molar-refractivity contribution in [2.24, 2.45) is 5.92 Å². The highest BCUT2D eigenvalue weighted by molar-refractivity contribution is 7.99. The molecule has 1 aromatic rings. The summed E-state index contributed by atoms with van der Waals surface area (Å²) in [4.78, 5) is 0.974. The van der Waals surface area contributed by atoms with Gasteiger partial charge in [-0.1, -0.05) is 0 Å². The molecule has 1 saturated heterocycles. The maximum absolute atomic E-state index is 12.8. The van der Waals surface area contributed by atoms with E-state index in [-0.39, 0.29) is 22.9 Å². The number of benzene rings is 1. The van der Waals surface area contributed by atoms with Crippen LogP contribution in [-0.4, -0.2) is 28.2 Å². The normalized spacial score (nSPS) is 25.6. The van der Waals surface area contributed by atoms with E-state index in [0.717, 1.165) is 11.3 Å². The molecule has 0 aromatic heterocycles. The molecule has 112 valence electrons. The fourth-order valence-electron chi connectivity index (χ4n) is 3.03. The molecule has 1 N–H and O–H groups in total. The van der Waals surface area contributed by atoms with Gasteiger partial charge in [0.05, 0.1) is 17.3 Å². The molecule has 0 aliphatic carbocycles. The monoisotopic (exact) mass is 298 g/mol. The van der Waals surface area contributed by atoms with Crippen molar-refractivity contribution in [3.05, 3.63) is 30.1 Å².